The van der Waals surface area contributed by atoms with Crippen LogP contribution in [0.5, 0.6) is 0 Å². The lowest BCUT2D eigenvalue weighted by Gasteiger charge is -2.20. The molecule has 2 aromatic rings. The third kappa shape index (κ3) is 4.00. The van der Waals surface area contributed by atoms with Crippen molar-refractivity contribution in [1.29, 1.82) is 0 Å². The Balaban J connectivity index is 1.57. The number of thiophene rings is 1. The van der Waals surface area contributed by atoms with Crippen LogP contribution in [0.3, 0.4) is 0 Å². The van der Waals surface area contributed by atoms with E-state index in [1.54, 1.807) is 18.2 Å². The van der Waals surface area contributed by atoms with E-state index in [-0.39, 0.29) is 23.5 Å². The maximum absolute atomic E-state index is 13.0. The molecule has 0 bridgehead atoms. The molecule has 0 spiro atoms. The fraction of sp³-hybridized carbons (Fsp3) is 0.333. The zero-order valence-corrected chi connectivity index (χ0v) is 14.0. The third-order valence-corrected chi connectivity index (χ3v) is 5.37. The van der Waals surface area contributed by atoms with Crippen LogP contribution >= 0.6 is 11.3 Å². The Kier molecular flexibility index (Phi) is 5.25. The van der Waals surface area contributed by atoms with Gasteiger partial charge in [0.25, 0.3) is 5.91 Å². The predicted molar refractivity (Wildman–Crippen MR) is 91.9 cm³/mol. The zero-order valence-electron chi connectivity index (χ0n) is 13.2. The standard InChI is InChI=1S/C18H19FN2O2S/c19-14-8-6-12(7-9-14)15-10-11-16(24-15)18(23)21-20-17(22)13-4-2-1-3-5-13/h6-11,13H,1-5H2,(H,20,22)(H,21,23). The minimum absolute atomic E-state index is 0.00263. The van der Waals surface area contributed by atoms with E-state index < -0.39 is 0 Å². The van der Waals surface area contributed by atoms with Crippen molar-refractivity contribution in [3.05, 3.63) is 47.1 Å². The van der Waals surface area contributed by atoms with Crippen LogP contribution in [0.1, 0.15) is 41.8 Å². The van der Waals surface area contributed by atoms with E-state index in [4.69, 9.17) is 0 Å². The van der Waals surface area contributed by atoms with Gasteiger partial charge in [-0.15, -0.1) is 11.3 Å². The van der Waals surface area contributed by atoms with Crippen LogP contribution in [-0.2, 0) is 4.79 Å². The molecule has 3 rings (SSSR count). The lowest BCUT2D eigenvalue weighted by atomic mass is 9.89. The van der Waals surface area contributed by atoms with Crippen molar-refractivity contribution in [2.24, 2.45) is 5.92 Å². The van der Waals surface area contributed by atoms with E-state index in [1.807, 2.05) is 6.07 Å². The van der Waals surface area contributed by atoms with Crippen LogP contribution in [0.25, 0.3) is 10.4 Å². The molecule has 4 nitrogen and oxygen atoms in total. The van der Waals surface area contributed by atoms with Crippen LogP contribution < -0.4 is 10.9 Å². The molecule has 6 heteroatoms. The summed E-state index contributed by atoms with van der Waals surface area (Å²) in [5, 5.41) is 0. The summed E-state index contributed by atoms with van der Waals surface area (Å²) in [5.74, 6) is -0.744. The molecule has 1 aromatic carbocycles. The number of hydrogen-bond donors (Lipinski definition) is 2. The van der Waals surface area contributed by atoms with Gasteiger partial charge in [0, 0.05) is 10.8 Å². The lowest BCUT2D eigenvalue weighted by Crippen LogP contribution is -2.44. The van der Waals surface area contributed by atoms with E-state index in [9.17, 15) is 14.0 Å². The Labute approximate surface area is 144 Å². The van der Waals surface area contributed by atoms with Gasteiger partial charge in [-0.1, -0.05) is 31.4 Å². The number of benzene rings is 1. The van der Waals surface area contributed by atoms with Crippen molar-refractivity contribution >= 4 is 23.2 Å². The van der Waals surface area contributed by atoms with Gasteiger partial charge in [0.05, 0.1) is 4.88 Å². The first-order chi connectivity index (χ1) is 11.6. The predicted octanol–water partition coefficient (Wildman–Crippen LogP) is 3.90. The van der Waals surface area contributed by atoms with Gasteiger partial charge in [0.15, 0.2) is 0 Å². The van der Waals surface area contributed by atoms with Crippen molar-refractivity contribution in [3.8, 4) is 10.4 Å². The Morgan fingerprint density at radius 1 is 0.958 bits per heavy atom. The highest BCUT2D eigenvalue weighted by atomic mass is 32.1. The minimum atomic E-state index is -0.336. The van der Waals surface area contributed by atoms with Gasteiger partial charge in [-0.05, 0) is 42.7 Å². The van der Waals surface area contributed by atoms with Crippen molar-refractivity contribution in [2.45, 2.75) is 32.1 Å². The van der Waals surface area contributed by atoms with Gasteiger partial charge in [0.2, 0.25) is 5.91 Å². The summed E-state index contributed by atoms with van der Waals surface area (Å²) in [7, 11) is 0. The number of hydrogen-bond acceptors (Lipinski definition) is 3. The second-order valence-corrected chi connectivity index (χ2v) is 7.03. The molecule has 1 aromatic heterocycles. The SMILES string of the molecule is O=C(NNC(=O)C1CCCCC1)c1ccc(-c2ccc(F)cc2)s1. The first-order valence-electron chi connectivity index (χ1n) is 8.09. The minimum Gasteiger partial charge on any atom is -0.273 e. The summed E-state index contributed by atoms with van der Waals surface area (Å²) in [4.78, 5) is 25.6. The van der Waals surface area contributed by atoms with E-state index in [0.717, 1.165) is 36.1 Å². The van der Waals surface area contributed by atoms with Crippen molar-refractivity contribution in [2.75, 3.05) is 0 Å². The number of amides is 2. The Bertz CT molecular complexity index is 721. The number of hydrazine groups is 1. The molecule has 2 amide bonds. The van der Waals surface area contributed by atoms with E-state index in [0.29, 0.717) is 4.88 Å². The molecular formula is C18H19FN2O2S. The van der Waals surface area contributed by atoms with Crippen molar-refractivity contribution < 1.29 is 14.0 Å². The van der Waals surface area contributed by atoms with Crippen LogP contribution in [0.4, 0.5) is 4.39 Å². The molecule has 0 aliphatic heterocycles. The normalized spacial score (nSPS) is 15.0. The number of carbonyl (C=O) groups is 2. The summed E-state index contributed by atoms with van der Waals surface area (Å²) in [6.45, 7) is 0. The van der Waals surface area contributed by atoms with Crippen LogP contribution in [0.2, 0.25) is 0 Å². The van der Waals surface area contributed by atoms with Crippen LogP contribution in [-0.4, -0.2) is 11.8 Å². The second kappa shape index (κ2) is 7.57. The summed E-state index contributed by atoms with van der Waals surface area (Å²) in [5.41, 5.74) is 5.86. The van der Waals surface area contributed by atoms with Gasteiger partial charge >= 0.3 is 0 Å². The highest BCUT2D eigenvalue weighted by Crippen LogP contribution is 2.28. The average molecular weight is 346 g/mol. The smallest absolute Gasteiger partial charge is 0.273 e. The molecule has 0 atom stereocenters. The molecule has 0 radical (unpaired) electrons. The van der Waals surface area contributed by atoms with E-state index >= 15 is 0 Å². The number of halogens is 1. The Morgan fingerprint density at radius 2 is 1.67 bits per heavy atom. The molecule has 1 heterocycles. The Hall–Kier alpha value is -2.21. The van der Waals surface area contributed by atoms with E-state index in [1.165, 1.54) is 29.9 Å². The number of nitrogens with one attached hydrogen (secondary N) is 2. The number of carbonyl (C=O) groups excluding carboxylic acids is 2. The monoisotopic (exact) mass is 346 g/mol. The summed E-state index contributed by atoms with van der Waals surface area (Å²) < 4.78 is 13.0. The fourth-order valence-corrected chi connectivity index (χ4v) is 3.78. The van der Waals surface area contributed by atoms with Crippen LogP contribution in [0, 0.1) is 11.7 Å². The fourth-order valence-electron chi connectivity index (χ4n) is 2.88. The molecule has 24 heavy (non-hydrogen) atoms. The topological polar surface area (TPSA) is 58.2 Å². The molecular weight excluding hydrogens is 327 g/mol. The average Bonchev–Trinajstić information content (AvgIpc) is 3.11. The van der Waals surface area contributed by atoms with Gasteiger partial charge in [-0.3, -0.25) is 20.4 Å². The highest BCUT2D eigenvalue weighted by Gasteiger charge is 2.21. The van der Waals surface area contributed by atoms with Crippen LogP contribution in [0.15, 0.2) is 36.4 Å². The Morgan fingerprint density at radius 3 is 2.38 bits per heavy atom. The molecule has 0 saturated heterocycles. The lowest BCUT2D eigenvalue weighted by molar-refractivity contribution is -0.126. The number of rotatable bonds is 3. The molecule has 1 aliphatic carbocycles. The van der Waals surface area contributed by atoms with Gasteiger partial charge < -0.3 is 0 Å². The maximum atomic E-state index is 13.0. The van der Waals surface area contributed by atoms with Gasteiger partial charge in [-0.2, -0.15) is 0 Å². The largest absolute Gasteiger partial charge is 0.279 e. The quantitative estimate of drug-likeness (QED) is 0.828. The van der Waals surface area contributed by atoms with E-state index in [2.05, 4.69) is 10.9 Å². The summed E-state index contributed by atoms with van der Waals surface area (Å²) in [6.07, 6.45) is 5.08. The van der Waals surface area contributed by atoms with Gasteiger partial charge in [-0.25, -0.2) is 4.39 Å². The first kappa shape index (κ1) is 16.6. The second-order valence-electron chi connectivity index (χ2n) is 5.95. The molecule has 2 N–H and O–H groups in total. The third-order valence-electron chi connectivity index (χ3n) is 4.23. The van der Waals surface area contributed by atoms with Crippen molar-refractivity contribution in [3.63, 3.8) is 0 Å². The summed E-state index contributed by atoms with van der Waals surface area (Å²) >= 11 is 1.30. The van der Waals surface area contributed by atoms with Gasteiger partial charge in [0.1, 0.15) is 5.82 Å². The summed E-state index contributed by atoms with van der Waals surface area (Å²) in [6, 6.07) is 9.64. The molecule has 1 saturated carbocycles. The molecule has 1 aliphatic rings. The maximum Gasteiger partial charge on any atom is 0.279 e. The first-order valence-corrected chi connectivity index (χ1v) is 8.91. The van der Waals surface area contributed by atoms with Crippen molar-refractivity contribution in [1.82, 2.24) is 10.9 Å². The molecule has 0 unspecified atom stereocenters. The highest BCUT2D eigenvalue weighted by molar-refractivity contribution is 7.17. The molecule has 1 fully saturated rings. The zero-order chi connectivity index (χ0) is 16.9. The molecule has 126 valence electrons.